The van der Waals surface area contributed by atoms with Crippen molar-refractivity contribution in [1.29, 1.82) is 0 Å². The Balaban J connectivity index is 1.36. The molecule has 0 bridgehead atoms. The van der Waals surface area contributed by atoms with Crippen molar-refractivity contribution in [3.8, 4) is 5.75 Å². The normalized spacial score (nSPS) is 25.7. The number of amides is 1. The van der Waals surface area contributed by atoms with Crippen molar-refractivity contribution in [2.75, 3.05) is 38.2 Å². The lowest BCUT2D eigenvalue weighted by molar-refractivity contribution is -0.135. The van der Waals surface area contributed by atoms with E-state index in [2.05, 4.69) is 4.90 Å². The minimum absolute atomic E-state index is 0.0476. The third-order valence-electron chi connectivity index (χ3n) is 7.65. The van der Waals surface area contributed by atoms with E-state index in [1.165, 1.54) is 0 Å². The highest BCUT2D eigenvalue weighted by Crippen LogP contribution is 2.43. The molecular formula is C26H33N3O4S. The van der Waals surface area contributed by atoms with Crippen LogP contribution >= 0.6 is 0 Å². The highest BCUT2D eigenvalue weighted by Gasteiger charge is 2.51. The van der Waals surface area contributed by atoms with Gasteiger partial charge in [0.1, 0.15) is 11.8 Å². The number of hydrogen-bond acceptors (Lipinski definition) is 5. The predicted octanol–water partition coefficient (Wildman–Crippen LogP) is 3.37. The summed E-state index contributed by atoms with van der Waals surface area (Å²) in [5, 5.41) is 0. The molecule has 2 aliphatic heterocycles. The maximum Gasteiger partial charge on any atom is 0.244 e. The number of anilines is 1. The van der Waals surface area contributed by atoms with Gasteiger partial charge >= 0.3 is 0 Å². The number of fused-ring (bicyclic) bond motifs is 1. The standard InChI is InChI=1S/C26H33N3O4S/c1-33-25-14-8-7-13-23(25)27-15-17-28(18-16-27)26(30)24-19-20-9-5-6-12-22(20)29(24)34(31,32)21-10-3-2-4-11-21/h2-4,7-8,10-11,13-14,20,22,24H,5-6,9,12,15-19H2,1H3/t20-,22-,24-/m0/s1. The lowest BCUT2D eigenvalue weighted by atomic mass is 9.85. The lowest BCUT2D eigenvalue weighted by Gasteiger charge is -2.39. The van der Waals surface area contributed by atoms with E-state index in [0.29, 0.717) is 32.6 Å². The first kappa shape index (κ1) is 23.2. The van der Waals surface area contributed by atoms with Gasteiger partial charge in [-0.3, -0.25) is 4.79 Å². The quantitative estimate of drug-likeness (QED) is 0.652. The van der Waals surface area contributed by atoms with E-state index in [-0.39, 0.29) is 22.8 Å². The molecule has 3 aliphatic rings. The highest BCUT2D eigenvalue weighted by molar-refractivity contribution is 7.89. The third-order valence-corrected chi connectivity index (χ3v) is 9.60. The van der Waals surface area contributed by atoms with Crippen molar-refractivity contribution < 1.29 is 17.9 Å². The van der Waals surface area contributed by atoms with Crippen LogP contribution in [0, 0.1) is 5.92 Å². The van der Waals surface area contributed by atoms with E-state index in [0.717, 1.165) is 37.1 Å². The van der Waals surface area contributed by atoms with Crippen LogP contribution in [0.4, 0.5) is 5.69 Å². The molecule has 1 aliphatic carbocycles. The molecule has 0 spiro atoms. The van der Waals surface area contributed by atoms with Crippen molar-refractivity contribution in [2.24, 2.45) is 5.92 Å². The van der Waals surface area contributed by atoms with Crippen LogP contribution in [0.25, 0.3) is 0 Å². The number of carbonyl (C=O) groups is 1. The van der Waals surface area contributed by atoms with E-state index >= 15 is 0 Å². The van der Waals surface area contributed by atoms with Gasteiger partial charge in [0.05, 0.1) is 17.7 Å². The first-order valence-corrected chi connectivity index (χ1v) is 13.7. The SMILES string of the molecule is COc1ccccc1N1CCN(C(=O)[C@@H]2C[C@@H]3CCCC[C@@H]3N2S(=O)(=O)c2ccccc2)CC1. The number of sulfonamides is 1. The predicted molar refractivity (Wildman–Crippen MR) is 131 cm³/mol. The van der Waals surface area contributed by atoms with Crippen LogP contribution in [0.15, 0.2) is 59.5 Å². The summed E-state index contributed by atoms with van der Waals surface area (Å²) in [6.45, 7) is 2.53. The molecule has 2 saturated heterocycles. The number of methoxy groups -OCH3 is 1. The van der Waals surface area contributed by atoms with E-state index in [9.17, 15) is 13.2 Å². The van der Waals surface area contributed by atoms with Crippen LogP contribution in [0.3, 0.4) is 0 Å². The molecule has 1 saturated carbocycles. The molecule has 2 aromatic carbocycles. The van der Waals surface area contributed by atoms with Crippen molar-refractivity contribution in [1.82, 2.24) is 9.21 Å². The Hall–Kier alpha value is -2.58. The van der Waals surface area contributed by atoms with Gasteiger partial charge in [-0.2, -0.15) is 4.31 Å². The number of carbonyl (C=O) groups excluding carboxylic acids is 1. The number of hydrogen-bond donors (Lipinski definition) is 0. The zero-order chi connectivity index (χ0) is 23.7. The van der Waals surface area contributed by atoms with Crippen LogP contribution in [0.2, 0.25) is 0 Å². The number of para-hydroxylation sites is 2. The summed E-state index contributed by atoms with van der Waals surface area (Å²) in [7, 11) is -2.08. The van der Waals surface area contributed by atoms with Gasteiger partial charge in [-0.15, -0.1) is 0 Å². The molecule has 34 heavy (non-hydrogen) atoms. The van der Waals surface area contributed by atoms with Gasteiger partial charge in [-0.25, -0.2) is 8.42 Å². The van der Waals surface area contributed by atoms with Crippen LogP contribution in [0.1, 0.15) is 32.1 Å². The van der Waals surface area contributed by atoms with Crippen molar-refractivity contribution in [3.05, 3.63) is 54.6 Å². The van der Waals surface area contributed by atoms with Crippen LogP contribution in [0.5, 0.6) is 5.75 Å². The smallest absolute Gasteiger partial charge is 0.244 e. The van der Waals surface area contributed by atoms with Crippen LogP contribution < -0.4 is 9.64 Å². The summed E-state index contributed by atoms with van der Waals surface area (Å²) in [5.74, 6) is 1.03. The van der Waals surface area contributed by atoms with E-state index in [4.69, 9.17) is 4.74 Å². The van der Waals surface area contributed by atoms with Crippen molar-refractivity contribution >= 4 is 21.6 Å². The van der Waals surface area contributed by atoms with Gasteiger partial charge < -0.3 is 14.5 Å². The molecule has 0 aromatic heterocycles. The first-order valence-electron chi connectivity index (χ1n) is 12.3. The molecule has 2 aromatic rings. The van der Waals surface area contributed by atoms with Crippen LogP contribution in [-0.2, 0) is 14.8 Å². The van der Waals surface area contributed by atoms with Gasteiger partial charge in [0.25, 0.3) is 0 Å². The summed E-state index contributed by atoms with van der Waals surface area (Å²) < 4.78 is 34.5. The van der Waals surface area contributed by atoms with E-state index in [1.54, 1.807) is 35.7 Å². The highest BCUT2D eigenvalue weighted by atomic mass is 32.2. The molecule has 5 rings (SSSR count). The van der Waals surface area contributed by atoms with E-state index in [1.807, 2.05) is 35.2 Å². The fourth-order valence-corrected chi connectivity index (χ4v) is 7.85. The lowest BCUT2D eigenvalue weighted by Crippen LogP contribution is -2.55. The van der Waals surface area contributed by atoms with Crippen LogP contribution in [-0.4, -0.2) is 68.9 Å². The van der Waals surface area contributed by atoms with Gasteiger partial charge in [0, 0.05) is 32.2 Å². The average molecular weight is 484 g/mol. The number of rotatable bonds is 5. The monoisotopic (exact) mass is 483 g/mol. The summed E-state index contributed by atoms with van der Waals surface area (Å²) in [5.41, 5.74) is 1.03. The third kappa shape index (κ3) is 4.18. The zero-order valence-electron chi connectivity index (χ0n) is 19.7. The van der Waals surface area contributed by atoms with Gasteiger partial charge in [-0.1, -0.05) is 43.2 Å². The molecular weight excluding hydrogens is 450 g/mol. The zero-order valence-corrected chi connectivity index (χ0v) is 20.5. The molecule has 182 valence electrons. The maximum absolute atomic E-state index is 13.8. The average Bonchev–Trinajstić information content (AvgIpc) is 3.29. The molecule has 0 unspecified atom stereocenters. The topological polar surface area (TPSA) is 70.2 Å². The number of nitrogens with zero attached hydrogens (tertiary/aromatic N) is 3. The minimum Gasteiger partial charge on any atom is -0.495 e. The summed E-state index contributed by atoms with van der Waals surface area (Å²) in [6, 6.07) is 15.8. The molecule has 1 amide bonds. The Bertz CT molecular complexity index is 1120. The molecule has 7 nitrogen and oxygen atoms in total. The Morgan fingerprint density at radius 2 is 1.59 bits per heavy atom. The first-order chi connectivity index (χ1) is 16.5. The summed E-state index contributed by atoms with van der Waals surface area (Å²) in [6.07, 6.45) is 4.58. The Labute approximate surface area is 202 Å². The molecule has 3 atom stereocenters. The summed E-state index contributed by atoms with van der Waals surface area (Å²) in [4.78, 5) is 18.1. The fourth-order valence-electron chi connectivity index (χ4n) is 5.96. The Kier molecular flexibility index (Phi) is 6.53. The minimum atomic E-state index is -3.75. The second-order valence-corrected chi connectivity index (χ2v) is 11.3. The molecule has 2 heterocycles. The molecule has 0 N–H and O–H groups in total. The molecule has 3 fully saturated rings. The number of piperazine rings is 1. The second-order valence-electron chi connectivity index (χ2n) is 9.50. The Morgan fingerprint density at radius 3 is 2.32 bits per heavy atom. The van der Waals surface area contributed by atoms with Gasteiger partial charge in [0.2, 0.25) is 15.9 Å². The number of ether oxygens (including phenoxy) is 1. The molecule has 0 radical (unpaired) electrons. The maximum atomic E-state index is 13.8. The van der Waals surface area contributed by atoms with Crippen molar-refractivity contribution in [3.63, 3.8) is 0 Å². The molecule has 8 heteroatoms. The fraction of sp³-hybridized carbons (Fsp3) is 0.500. The Morgan fingerprint density at radius 1 is 0.912 bits per heavy atom. The summed E-state index contributed by atoms with van der Waals surface area (Å²) >= 11 is 0. The van der Waals surface area contributed by atoms with E-state index < -0.39 is 16.1 Å². The van der Waals surface area contributed by atoms with Crippen molar-refractivity contribution in [2.45, 2.75) is 49.1 Å². The van der Waals surface area contributed by atoms with Gasteiger partial charge in [-0.05, 0) is 49.4 Å². The van der Waals surface area contributed by atoms with Gasteiger partial charge in [0.15, 0.2) is 0 Å². The number of benzene rings is 2. The largest absolute Gasteiger partial charge is 0.495 e. The second kappa shape index (κ2) is 9.58.